The van der Waals surface area contributed by atoms with Crippen LogP contribution < -0.4 is 0 Å². The summed E-state index contributed by atoms with van der Waals surface area (Å²) in [6.07, 6.45) is 0.755. The molecule has 0 fully saturated rings. The molecular formula is C22H18BrFN2. The molecule has 0 atom stereocenters. The fourth-order valence-electron chi connectivity index (χ4n) is 3.38. The van der Waals surface area contributed by atoms with Crippen molar-refractivity contribution in [2.45, 2.75) is 20.3 Å². The van der Waals surface area contributed by atoms with Crippen LogP contribution in [0.25, 0.3) is 16.9 Å². The maximum Gasteiger partial charge on any atom is 0.138 e. The van der Waals surface area contributed by atoms with Gasteiger partial charge in [-0.15, -0.1) is 0 Å². The molecule has 0 unspecified atom stereocenters. The Labute approximate surface area is 160 Å². The maximum absolute atomic E-state index is 13.4. The van der Waals surface area contributed by atoms with Crippen LogP contribution in [0, 0.1) is 19.7 Å². The molecule has 0 radical (unpaired) electrons. The largest absolute Gasteiger partial charge is 0.299 e. The number of hydrogen-bond donors (Lipinski definition) is 0. The summed E-state index contributed by atoms with van der Waals surface area (Å²) in [6.45, 7) is 4.16. The molecule has 4 heteroatoms. The van der Waals surface area contributed by atoms with Gasteiger partial charge in [0.05, 0.1) is 11.4 Å². The molecule has 0 aliphatic carbocycles. The molecule has 0 saturated heterocycles. The van der Waals surface area contributed by atoms with Crippen LogP contribution in [0.4, 0.5) is 4.39 Å². The van der Waals surface area contributed by atoms with E-state index in [1.165, 1.54) is 17.7 Å². The highest BCUT2D eigenvalue weighted by molar-refractivity contribution is 9.10. The van der Waals surface area contributed by atoms with Crippen molar-refractivity contribution < 1.29 is 4.39 Å². The van der Waals surface area contributed by atoms with Gasteiger partial charge in [0.1, 0.15) is 11.5 Å². The predicted molar refractivity (Wildman–Crippen MR) is 107 cm³/mol. The Bertz CT molecular complexity index is 1080. The quantitative estimate of drug-likeness (QED) is 0.399. The summed E-state index contributed by atoms with van der Waals surface area (Å²) in [6, 6.07) is 19.0. The molecular weight excluding hydrogens is 391 g/mol. The van der Waals surface area contributed by atoms with Gasteiger partial charge >= 0.3 is 0 Å². The number of fused-ring (bicyclic) bond motifs is 1. The third-order valence-electron chi connectivity index (χ3n) is 4.68. The SMILES string of the molecule is Cc1cc2nc(-c3ccc(F)cc3)c(Cc3ccccc3)n2c(C)c1Br. The Kier molecular flexibility index (Phi) is 4.37. The molecule has 2 heterocycles. The summed E-state index contributed by atoms with van der Waals surface area (Å²) in [5, 5.41) is 0. The lowest BCUT2D eigenvalue weighted by Gasteiger charge is -2.11. The molecule has 2 aromatic heterocycles. The molecule has 0 amide bonds. The van der Waals surface area contributed by atoms with Crippen molar-refractivity contribution in [3.8, 4) is 11.3 Å². The van der Waals surface area contributed by atoms with E-state index in [4.69, 9.17) is 4.98 Å². The lowest BCUT2D eigenvalue weighted by molar-refractivity contribution is 0.628. The predicted octanol–water partition coefficient (Wildman–Crippen LogP) is 6.11. The van der Waals surface area contributed by atoms with Gasteiger partial charge in [-0.2, -0.15) is 0 Å². The molecule has 0 spiro atoms. The van der Waals surface area contributed by atoms with E-state index >= 15 is 0 Å². The number of nitrogens with zero attached hydrogens (tertiary/aromatic N) is 2. The molecule has 2 aromatic carbocycles. The maximum atomic E-state index is 13.4. The molecule has 0 bridgehead atoms. The van der Waals surface area contributed by atoms with Gasteiger partial charge in [-0.1, -0.05) is 30.3 Å². The van der Waals surface area contributed by atoms with Gasteiger partial charge in [-0.25, -0.2) is 9.37 Å². The zero-order valence-electron chi connectivity index (χ0n) is 14.6. The summed E-state index contributed by atoms with van der Waals surface area (Å²) in [5.41, 5.74) is 7.32. The second-order valence-corrected chi connectivity index (χ2v) is 7.29. The molecule has 2 nitrogen and oxygen atoms in total. The monoisotopic (exact) mass is 408 g/mol. The molecule has 0 saturated carbocycles. The van der Waals surface area contributed by atoms with Crippen LogP contribution >= 0.6 is 15.9 Å². The third kappa shape index (κ3) is 2.95. The summed E-state index contributed by atoms with van der Waals surface area (Å²) < 4.78 is 16.7. The normalized spacial score (nSPS) is 11.2. The number of imidazole rings is 1. The zero-order chi connectivity index (χ0) is 18.3. The van der Waals surface area contributed by atoms with Crippen molar-refractivity contribution in [3.63, 3.8) is 0 Å². The summed E-state index contributed by atoms with van der Waals surface area (Å²) >= 11 is 3.70. The van der Waals surface area contributed by atoms with Gasteiger partial charge in [0.2, 0.25) is 0 Å². The second-order valence-electron chi connectivity index (χ2n) is 6.50. The zero-order valence-corrected chi connectivity index (χ0v) is 16.2. The number of hydrogen-bond acceptors (Lipinski definition) is 1. The first-order valence-electron chi connectivity index (χ1n) is 8.51. The van der Waals surface area contributed by atoms with Crippen LogP contribution in [0.1, 0.15) is 22.5 Å². The number of rotatable bonds is 3. The number of aryl methyl sites for hydroxylation is 2. The molecule has 0 N–H and O–H groups in total. The highest BCUT2D eigenvalue weighted by atomic mass is 79.9. The Morgan fingerprint density at radius 2 is 1.69 bits per heavy atom. The molecule has 130 valence electrons. The lowest BCUT2D eigenvalue weighted by atomic mass is 10.0. The van der Waals surface area contributed by atoms with Crippen LogP contribution in [0.3, 0.4) is 0 Å². The van der Waals surface area contributed by atoms with Crippen LogP contribution in [0.2, 0.25) is 0 Å². The highest BCUT2D eigenvalue weighted by Gasteiger charge is 2.18. The van der Waals surface area contributed by atoms with Crippen molar-refractivity contribution >= 4 is 21.6 Å². The average Bonchev–Trinajstić information content (AvgIpc) is 2.99. The highest BCUT2D eigenvalue weighted by Crippen LogP contribution is 2.31. The molecule has 26 heavy (non-hydrogen) atoms. The molecule has 4 aromatic rings. The van der Waals surface area contributed by atoms with Crippen molar-refractivity contribution in [2.75, 3.05) is 0 Å². The first-order valence-corrected chi connectivity index (χ1v) is 9.31. The van der Waals surface area contributed by atoms with Crippen LogP contribution in [-0.2, 0) is 6.42 Å². The average molecular weight is 409 g/mol. The van der Waals surface area contributed by atoms with E-state index in [0.717, 1.165) is 44.7 Å². The molecule has 4 rings (SSSR count). The van der Waals surface area contributed by atoms with E-state index in [1.807, 2.05) is 18.2 Å². The van der Waals surface area contributed by atoms with Crippen LogP contribution in [0.5, 0.6) is 0 Å². The van der Waals surface area contributed by atoms with Gasteiger partial charge in [0, 0.05) is 22.2 Å². The number of halogens is 2. The number of benzene rings is 2. The molecule has 0 aliphatic heterocycles. The summed E-state index contributed by atoms with van der Waals surface area (Å²) in [7, 11) is 0. The second kappa shape index (κ2) is 6.69. The van der Waals surface area contributed by atoms with Gasteiger partial charge in [0.15, 0.2) is 0 Å². The van der Waals surface area contributed by atoms with Crippen molar-refractivity contribution in [1.29, 1.82) is 0 Å². The minimum absolute atomic E-state index is 0.239. The van der Waals surface area contributed by atoms with Crippen molar-refractivity contribution in [1.82, 2.24) is 9.38 Å². The fraction of sp³-hybridized carbons (Fsp3) is 0.136. The van der Waals surface area contributed by atoms with E-state index in [9.17, 15) is 4.39 Å². The number of aromatic nitrogens is 2. The minimum Gasteiger partial charge on any atom is -0.299 e. The lowest BCUT2D eigenvalue weighted by Crippen LogP contribution is -2.01. The minimum atomic E-state index is -0.239. The van der Waals surface area contributed by atoms with E-state index in [-0.39, 0.29) is 5.82 Å². The van der Waals surface area contributed by atoms with Gasteiger partial charge in [-0.05, 0) is 71.2 Å². The van der Waals surface area contributed by atoms with Crippen LogP contribution in [-0.4, -0.2) is 9.38 Å². The first kappa shape index (κ1) is 17.0. The Morgan fingerprint density at radius 1 is 1.00 bits per heavy atom. The summed E-state index contributed by atoms with van der Waals surface area (Å²) in [5.74, 6) is -0.239. The van der Waals surface area contributed by atoms with Crippen molar-refractivity contribution in [2.24, 2.45) is 0 Å². The standard InChI is InChI=1S/C22H18BrFN2/c1-14-12-20-25-22(17-8-10-18(24)11-9-17)19(26(20)15(2)21(14)23)13-16-6-4-3-5-7-16/h3-12H,13H2,1-2H3. The van der Waals surface area contributed by atoms with E-state index < -0.39 is 0 Å². The van der Waals surface area contributed by atoms with Crippen LogP contribution in [0.15, 0.2) is 65.1 Å². The van der Waals surface area contributed by atoms with Gasteiger partial charge < -0.3 is 0 Å². The number of pyridine rings is 1. The Morgan fingerprint density at radius 3 is 2.38 bits per heavy atom. The smallest absolute Gasteiger partial charge is 0.138 e. The first-order chi connectivity index (χ1) is 12.5. The van der Waals surface area contributed by atoms with E-state index in [1.54, 1.807) is 12.1 Å². The Hall–Kier alpha value is -2.46. The fourth-order valence-corrected chi connectivity index (χ4v) is 3.67. The van der Waals surface area contributed by atoms with Crippen molar-refractivity contribution in [3.05, 3.63) is 93.5 Å². The summed E-state index contributed by atoms with van der Waals surface area (Å²) in [4.78, 5) is 4.89. The van der Waals surface area contributed by atoms with E-state index in [0.29, 0.717) is 0 Å². The van der Waals surface area contributed by atoms with E-state index in [2.05, 4.69) is 52.4 Å². The Balaban J connectivity index is 1.99. The third-order valence-corrected chi connectivity index (χ3v) is 5.87. The molecule has 0 aliphatic rings. The van der Waals surface area contributed by atoms with Gasteiger partial charge in [0.25, 0.3) is 0 Å². The topological polar surface area (TPSA) is 17.3 Å². The van der Waals surface area contributed by atoms with Gasteiger partial charge in [-0.3, -0.25) is 4.40 Å².